The topological polar surface area (TPSA) is 74.5 Å². The predicted octanol–water partition coefficient (Wildman–Crippen LogP) is 1.73. The smallest absolute Gasteiger partial charge is 0.315 e. The Bertz CT molecular complexity index is 399. The van der Waals surface area contributed by atoms with Gasteiger partial charge in [-0.3, -0.25) is 0 Å². The first-order chi connectivity index (χ1) is 8.74. The van der Waals surface area contributed by atoms with Gasteiger partial charge in [-0.1, -0.05) is 6.92 Å². The molecule has 18 heavy (non-hydrogen) atoms. The Morgan fingerprint density at radius 1 is 1.67 bits per heavy atom. The van der Waals surface area contributed by atoms with Crippen LogP contribution < -0.4 is 10.6 Å². The number of carbonyl (C=O) groups is 1. The maximum Gasteiger partial charge on any atom is 0.315 e. The molecule has 2 unspecified atom stereocenters. The maximum atomic E-state index is 11.8. The van der Waals surface area contributed by atoms with E-state index in [0.29, 0.717) is 6.42 Å². The normalized spacial score (nSPS) is 20.0. The summed E-state index contributed by atoms with van der Waals surface area (Å²) in [6.07, 6.45) is 5.27. The van der Waals surface area contributed by atoms with Crippen molar-refractivity contribution >= 4 is 6.03 Å². The molecule has 5 heteroatoms. The van der Waals surface area contributed by atoms with Crippen LogP contribution in [0, 0.1) is 0 Å². The molecular formula is C13H20N2O3. The van der Waals surface area contributed by atoms with Gasteiger partial charge in [0.05, 0.1) is 25.0 Å². The predicted molar refractivity (Wildman–Crippen MR) is 67.2 cm³/mol. The molecule has 3 N–H and O–H groups in total. The van der Waals surface area contributed by atoms with Gasteiger partial charge in [-0.05, 0) is 25.3 Å². The Labute approximate surface area is 107 Å². The Kier molecular flexibility index (Phi) is 4.25. The van der Waals surface area contributed by atoms with Gasteiger partial charge in [0.15, 0.2) is 0 Å². The van der Waals surface area contributed by atoms with Crippen LogP contribution in [-0.2, 0) is 6.42 Å². The van der Waals surface area contributed by atoms with Crippen LogP contribution in [0.3, 0.4) is 0 Å². The monoisotopic (exact) mass is 252 g/mol. The van der Waals surface area contributed by atoms with E-state index in [2.05, 4.69) is 10.6 Å². The molecule has 1 aliphatic rings. The van der Waals surface area contributed by atoms with E-state index in [0.717, 1.165) is 30.6 Å². The number of rotatable bonds is 4. The number of carbonyl (C=O) groups excluding carboxylic acids is 1. The highest BCUT2D eigenvalue weighted by atomic mass is 16.3. The van der Waals surface area contributed by atoms with Crippen molar-refractivity contribution in [2.75, 3.05) is 6.61 Å². The van der Waals surface area contributed by atoms with Crippen molar-refractivity contribution in [2.24, 2.45) is 0 Å². The third kappa shape index (κ3) is 2.85. The number of urea groups is 1. The first kappa shape index (κ1) is 13.0. The summed E-state index contributed by atoms with van der Waals surface area (Å²) < 4.78 is 5.38. The van der Waals surface area contributed by atoms with Crippen molar-refractivity contribution in [1.82, 2.24) is 10.6 Å². The minimum absolute atomic E-state index is 0.0173. The highest BCUT2D eigenvalue weighted by molar-refractivity contribution is 5.74. The second-order valence-corrected chi connectivity index (χ2v) is 4.65. The lowest BCUT2D eigenvalue weighted by atomic mass is 9.93. The highest BCUT2D eigenvalue weighted by Crippen LogP contribution is 2.30. The summed E-state index contributed by atoms with van der Waals surface area (Å²) in [7, 11) is 0. The largest absolute Gasteiger partial charge is 0.469 e. The molecule has 0 spiro atoms. The molecule has 0 radical (unpaired) electrons. The molecule has 1 aromatic heterocycles. The third-order valence-corrected chi connectivity index (χ3v) is 3.41. The molecule has 1 aliphatic carbocycles. The summed E-state index contributed by atoms with van der Waals surface area (Å²) in [6, 6.07) is 1.53. The molecule has 0 aromatic carbocycles. The van der Waals surface area contributed by atoms with Crippen molar-refractivity contribution in [3.05, 3.63) is 23.7 Å². The molecule has 0 aliphatic heterocycles. The van der Waals surface area contributed by atoms with Gasteiger partial charge in [-0.15, -0.1) is 0 Å². The summed E-state index contributed by atoms with van der Waals surface area (Å²) in [5.41, 5.74) is 1.08. The molecule has 2 rings (SSSR count). The average Bonchev–Trinajstić information content (AvgIpc) is 2.85. The Hall–Kier alpha value is -1.49. The molecule has 2 amide bonds. The van der Waals surface area contributed by atoms with Gasteiger partial charge in [0, 0.05) is 12.0 Å². The van der Waals surface area contributed by atoms with E-state index in [-0.39, 0.29) is 24.7 Å². The van der Waals surface area contributed by atoms with Gasteiger partial charge in [-0.2, -0.15) is 0 Å². The van der Waals surface area contributed by atoms with Gasteiger partial charge < -0.3 is 20.2 Å². The number of aliphatic hydroxyl groups is 1. The van der Waals surface area contributed by atoms with Crippen molar-refractivity contribution in [1.29, 1.82) is 0 Å². The van der Waals surface area contributed by atoms with Gasteiger partial charge in [0.1, 0.15) is 5.76 Å². The fraction of sp³-hybridized carbons (Fsp3) is 0.615. The maximum absolute atomic E-state index is 11.8. The highest BCUT2D eigenvalue weighted by Gasteiger charge is 2.24. The minimum Gasteiger partial charge on any atom is -0.469 e. The molecule has 1 heterocycles. The van der Waals surface area contributed by atoms with Crippen LogP contribution in [0.5, 0.6) is 0 Å². The van der Waals surface area contributed by atoms with Crippen molar-refractivity contribution in [2.45, 2.75) is 44.7 Å². The van der Waals surface area contributed by atoms with E-state index >= 15 is 0 Å². The molecule has 0 saturated carbocycles. The molecule has 0 bridgehead atoms. The van der Waals surface area contributed by atoms with Crippen LogP contribution in [0.4, 0.5) is 4.79 Å². The van der Waals surface area contributed by atoms with Crippen LogP contribution >= 0.6 is 0 Å². The quantitative estimate of drug-likeness (QED) is 0.764. The standard InChI is InChI=1S/C13H20N2O3/c1-2-9(8-16)14-13(17)15-11-4-3-5-12-10(11)6-7-18-12/h6-7,9,11,16H,2-5,8H2,1H3,(H2,14,15,17). The number of furan rings is 1. The second kappa shape index (κ2) is 5.91. The fourth-order valence-corrected chi connectivity index (χ4v) is 2.30. The van der Waals surface area contributed by atoms with E-state index in [1.54, 1.807) is 6.26 Å². The van der Waals surface area contributed by atoms with Gasteiger partial charge in [0.25, 0.3) is 0 Å². The summed E-state index contributed by atoms with van der Waals surface area (Å²) >= 11 is 0. The van der Waals surface area contributed by atoms with Crippen molar-refractivity contribution in [3.8, 4) is 0 Å². The zero-order valence-corrected chi connectivity index (χ0v) is 10.6. The lowest BCUT2D eigenvalue weighted by Gasteiger charge is -2.24. The first-order valence-corrected chi connectivity index (χ1v) is 6.48. The molecule has 0 saturated heterocycles. The summed E-state index contributed by atoms with van der Waals surface area (Å²) in [5.74, 6) is 0.973. The lowest BCUT2D eigenvalue weighted by Crippen LogP contribution is -2.45. The van der Waals surface area contributed by atoms with Gasteiger partial charge >= 0.3 is 6.03 Å². The Morgan fingerprint density at radius 3 is 3.22 bits per heavy atom. The molecule has 0 fully saturated rings. The van der Waals surface area contributed by atoms with E-state index in [9.17, 15) is 4.79 Å². The SMILES string of the molecule is CCC(CO)NC(=O)NC1CCCc2occc21. The number of aryl methyl sites for hydroxylation is 1. The van der Waals surface area contributed by atoms with E-state index in [4.69, 9.17) is 9.52 Å². The summed E-state index contributed by atoms with van der Waals surface area (Å²) in [5, 5.41) is 14.7. The van der Waals surface area contributed by atoms with E-state index in [1.165, 1.54) is 0 Å². The third-order valence-electron chi connectivity index (χ3n) is 3.41. The van der Waals surface area contributed by atoms with Crippen LogP contribution in [0.15, 0.2) is 16.7 Å². The fourth-order valence-electron chi connectivity index (χ4n) is 2.30. The zero-order chi connectivity index (χ0) is 13.0. The number of fused-ring (bicyclic) bond motifs is 1. The van der Waals surface area contributed by atoms with Crippen molar-refractivity contribution in [3.63, 3.8) is 0 Å². The van der Waals surface area contributed by atoms with Crippen LogP contribution in [0.2, 0.25) is 0 Å². The molecule has 100 valence electrons. The zero-order valence-electron chi connectivity index (χ0n) is 10.6. The van der Waals surface area contributed by atoms with Crippen LogP contribution in [-0.4, -0.2) is 23.8 Å². The number of nitrogens with one attached hydrogen (secondary N) is 2. The average molecular weight is 252 g/mol. The number of aliphatic hydroxyl groups excluding tert-OH is 1. The lowest BCUT2D eigenvalue weighted by molar-refractivity contribution is 0.210. The number of amides is 2. The van der Waals surface area contributed by atoms with Crippen molar-refractivity contribution < 1.29 is 14.3 Å². The Morgan fingerprint density at radius 2 is 2.50 bits per heavy atom. The second-order valence-electron chi connectivity index (χ2n) is 4.65. The van der Waals surface area contributed by atoms with Crippen LogP contribution in [0.25, 0.3) is 0 Å². The molecular weight excluding hydrogens is 232 g/mol. The van der Waals surface area contributed by atoms with Gasteiger partial charge in [-0.25, -0.2) is 4.79 Å². The number of hydrogen-bond donors (Lipinski definition) is 3. The minimum atomic E-state index is -0.227. The number of hydrogen-bond acceptors (Lipinski definition) is 3. The molecule has 1 aromatic rings. The molecule has 5 nitrogen and oxygen atoms in total. The van der Waals surface area contributed by atoms with Crippen LogP contribution in [0.1, 0.15) is 43.6 Å². The summed E-state index contributed by atoms with van der Waals surface area (Å²) in [4.78, 5) is 11.8. The molecule has 2 atom stereocenters. The summed E-state index contributed by atoms with van der Waals surface area (Å²) in [6.45, 7) is 1.89. The first-order valence-electron chi connectivity index (χ1n) is 6.48. The Balaban J connectivity index is 1.93. The van der Waals surface area contributed by atoms with Gasteiger partial charge in [0.2, 0.25) is 0 Å². The van der Waals surface area contributed by atoms with E-state index in [1.807, 2.05) is 13.0 Å². The van der Waals surface area contributed by atoms with E-state index < -0.39 is 0 Å².